The van der Waals surface area contributed by atoms with Gasteiger partial charge in [0.25, 0.3) is 0 Å². The number of fused-ring (bicyclic) bond motifs is 2. The summed E-state index contributed by atoms with van der Waals surface area (Å²) in [6, 6.07) is 20.4. The van der Waals surface area contributed by atoms with Gasteiger partial charge in [-0.05, 0) is 78.6 Å². The summed E-state index contributed by atoms with van der Waals surface area (Å²) in [7, 11) is 0. The Morgan fingerprint density at radius 2 is 1.59 bits per heavy atom. The highest BCUT2D eigenvalue weighted by Crippen LogP contribution is 2.42. The standard InChI is InChI=1S/C34H26N2O8/c37-16-2-5-32(41)35-21-8-6-20(7-9-21)3-1-4-31(40)36-22-10-13-25(28(17-22)34(42)43)33-26-14-11-23(38)18-29(26)44-30-19-24(39)12-15-27(30)33/h2,5-19,38H,1,3-4H2,(H,35,41)(H,36,40)(H,42,43)/b5-2-. The summed E-state index contributed by atoms with van der Waals surface area (Å²) in [5.41, 5.74) is 3.16. The Balaban J connectivity index is 1.31. The molecule has 10 heteroatoms. The lowest BCUT2D eigenvalue weighted by atomic mass is 9.90. The summed E-state index contributed by atoms with van der Waals surface area (Å²) in [6.07, 6.45) is 4.08. The zero-order valence-electron chi connectivity index (χ0n) is 23.2. The molecule has 0 saturated carbocycles. The molecule has 2 aliphatic rings. The Morgan fingerprint density at radius 1 is 0.841 bits per heavy atom. The maximum absolute atomic E-state index is 12.7. The van der Waals surface area contributed by atoms with Crippen molar-refractivity contribution in [1.82, 2.24) is 0 Å². The van der Waals surface area contributed by atoms with E-state index in [9.17, 15) is 34.2 Å². The number of carbonyl (C=O) groups is 4. The molecule has 0 atom stereocenters. The third-order valence-electron chi connectivity index (χ3n) is 6.90. The van der Waals surface area contributed by atoms with E-state index < -0.39 is 11.9 Å². The van der Waals surface area contributed by atoms with Crippen molar-refractivity contribution in [2.75, 3.05) is 10.6 Å². The van der Waals surface area contributed by atoms with Gasteiger partial charge in [-0.3, -0.25) is 19.2 Å². The molecule has 1 aliphatic carbocycles. The largest absolute Gasteiger partial charge is 0.508 e. The first-order chi connectivity index (χ1) is 21.2. The molecule has 0 unspecified atom stereocenters. The number of phenols is 1. The SMILES string of the molecule is O=C/C=C\C(=O)Nc1ccc(CCCC(=O)Nc2ccc(-c3c4ccc(=O)cc-4oc4cc(O)ccc34)c(C(=O)O)c2)cc1. The number of aryl methyl sites for hydroxylation is 1. The molecule has 220 valence electrons. The first kappa shape index (κ1) is 29.5. The van der Waals surface area contributed by atoms with Gasteiger partial charge >= 0.3 is 5.97 Å². The summed E-state index contributed by atoms with van der Waals surface area (Å²) in [5.74, 6) is -1.72. The molecular formula is C34H26N2O8. The average Bonchev–Trinajstić information content (AvgIpc) is 2.99. The van der Waals surface area contributed by atoms with Gasteiger partial charge in [-0.1, -0.05) is 18.2 Å². The smallest absolute Gasteiger partial charge is 0.336 e. The van der Waals surface area contributed by atoms with Crippen molar-refractivity contribution >= 4 is 46.4 Å². The van der Waals surface area contributed by atoms with Crippen molar-refractivity contribution in [3.63, 3.8) is 0 Å². The summed E-state index contributed by atoms with van der Waals surface area (Å²) >= 11 is 0. The van der Waals surface area contributed by atoms with Gasteiger partial charge < -0.3 is 25.3 Å². The van der Waals surface area contributed by atoms with E-state index in [-0.39, 0.29) is 40.4 Å². The Kier molecular flexibility index (Phi) is 8.62. The number of aromatic hydroxyl groups is 1. The Morgan fingerprint density at radius 3 is 2.34 bits per heavy atom. The quantitative estimate of drug-likeness (QED) is 0.0925. The van der Waals surface area contributed by atoms with Crippen LogP contribution in [0.4, 0.5) is 11.4 Å². The second-order valence-electron chi connectivity index (χ2n) is 9.96. The van der Waals surface area contributed by atoms with Gasteiger partial charge in [0, 0.05) is 52.5 Å². The van der Waals surface area contributed by atoms with Gasteiger partial charge in [-0.25, -0.2) is 4.79 Å². The molecule has 5 rings (SSSR count). The van der Waals surface area contributed by atoms with E-state index in [1.165, 1.54) is 30.3 Å². The van der Waals surface area contributed by atoms with E-state index in [1.54, 1.807) is 36.4 Å². The Hall–Kier alpha value is -6.03. The lowest BCUT2D eigenvalue weighted by Crippen LogP contribution is -2.12. The summed E-state index contributed by atoms with van der Waals surface area (Å²) < 4.78 is 5.86. The average molecular weight is 591 g/mol. The van der Waals surface area contributed by atoms with Crippen molar-refractivity contribution < 1.29 is 33.8 Å². The van der Waals surface area contributed by atoms with E-state index in [1.807, 2.05) is 12.1 Å². The minimum Gasteiger partial charge on any atom is -0.508 e. The second kappa shape index (κ2) is 12.9. The monoisotopic (exact) mass is 590 g/mol. The number of aldehydes is 1. The van der Waals surface area contributed by atoms with E-state index >= 15 is 0 Å². The number of carbonyl (C=O) groups excluding carboxylic acids is 3. The zero-order chi connectivity index (χ0) is 31.2. The van der Waals surface area contributed by atoms with E-state index in [0.717, 1.165) is 17.7 Å². The number of amides is 2. The van der Waals surface area contributed by atoms with Crippen LogP contribution in [-0.2, 0) is 20.8 Å². The van der Waals surface area contributed by atoms with Gasteiger partial charge in [0.1, 0.15) is 23.4 Å². The third-order valence-corrected chi connectivity index (χ3v) is 6.90. The normalized spacial score (nSPS) is 11.1. The number of carboxylic acid groups (broad SMARTS) is 1. The van der Waals surface area contributed by atoms with Crippen molar-refractivity contribution in [3.05, 3.63) is 112 Å². The molecule has 44 heavy (non-hydrogen) atoms. The number of carboxylic acids is 1. The van der Waals surface area contributed by atoms with Crippen LogP contribution in [0.3, 0.4) is 0 Å². The predicted octanol–water partition coefficient (Wildman–Crippen LogP) is 5.62. The molecule has 10 nitrogen and oxygen atoms in total. The maximum Gasteiger partial charge on any atom is 0.336 e. The van der Waals surface area contributed by atoms with E-state index in [0.29, 0.717) is 52.6 Å². The first-order valence-electron chi connectivity index (χ1n) is 13.6. The minimum atomic E-state index is -1.21. The number of hydrogen-bond acceptors (Lipinski definition) is 7. The summed E-state index contributed by atoms with van der Waals surface area (Å²) in [5, 5.41) is 26.1. The second-order valence-corrected chi connectivity index (χ2v) is 9.96. The van der Waals surface area contributed by atoms with Crippen LogP contribution in [0, 0.1) is 0 Å². The molecule has 1 aliphatic heterocycles. The van der Waals surface area contributed by atoms with Crippen molar-refractivity contribution in [2.45, 2.75) is 19.3 Å². The molecule has 0 fully saturated rings. The fourth-order valence-electron chi connectivity index (χ4n) is 4.91. The Labute approximate surface area is 250 Å². The molecule has 0 spiro atoms. The van der Waals surface area contributed by atoms with Crippen molar-refractivity contribution in [2.24, 2.45) is 0 Å². The van der Waals surface area contributed by atoms with Crippen LogP contribution in [0.15, 0.2) is 100 Å². The number of rotatable bonds is 10. The minimum absolute atomic E-state index is 0.0491. The van der Waals surface area contributed by atoms with E-state index in [4.69, 9.17) is 4.42 Å². The maximum atomic E-state index is 12.7. The number of aromatic carboxylic acids is 1. The molecule has 3 aromatic rings. The Bertz CT molecular complexity index is 1960. The summed E-state index contributed by atoms with van der Waals surface area (Å²) in [6.45, 7) is 0. The molecule has 0 saturated heterocycles. The van der Waals surface area contributed by atoms with Crippen LogP contribution in [0.5, 0.6) is 5.75 Å². The predicted molar refractivity (Wildman–Crippen MR) is 165 cm³/mol. The molecule has 2 amide bonds. The zero-order valence-corrected chi connectivity index (χ0v) is 23.2. The van der Waals surface area contributed by atoms with Crippen LogP contribution in [0.25, 0.3) is 33.4 Å². The number of nitrogens with one attached hydrogen (secondary N) is 2. The number of anilines is 2. The molecule has 4 N–H and O–H groups in total. The number of benzene rings is 4. The van der Waals surface area contributed by atoms with Crippen LogP contribution in [-0.4, -0.2) is 34.3 Å². The molecule has 1 heterocycles. The number of allylic oxidation sites excluding steroid dienone is 1. The molecule has 0 radical (unpaired) electrons. The molecule has 0 bridgehead atoms. The fourth-order valence-corrected chi connectivity index (χ4v) is 4.91. The fraction of sp³-hybridized carbons (Fsp3) is 0.0882. The van der Waals surface area contributed by atoms with Gasteiger partial charge in [-0.2, -0.15) is 0 Å². The lowest BCUT2D eigenvalue weighted by Gasteiger charge is -2.17. The van der Waals surface area contributed by atoms with Crippen LogP contribution in [0.2, 0.25) is 0 Å². The van der Waals surface area contributed by atoms with Gasteiger partial charge in [0.2, 0.25) is 11.8 Å². The lowest BCUT2D eigenvalue weighted by molar-refractivity contribution is -0.116. The molecule has 3 aromatic carbocycles. The highest BCUT2D eigenvalue weighted by atomic mass is 16.4. The van der Waals surface area contributed by atoms with E-state index in [2.05, 4.69) is 10.6 Å². The van der Waals surface area contributed by atoms with Crippen LogP contribution < -0.4 is 16.1 Å². The first-order valence-corrected chi connectivity index (χ1v) is 13.6. The van der Waals surface area contributed by atoms with Crippen molar-refractivity contribution in [1.29, 1.82) is 0 Å². The van der Waals surface area contributed by atoms with Crippen LogP contribution in [0.1, 0.15) is 28.8 Å². The highest BCUT2D eigenvalue weighted by Gasteiger charge is 2.22. The third kappa shape index (κ3) is 6.71. The molecular weight excluding hydrogens is 564 g/mol. The highest BCUT2D eigenvalue weighted by molar-refractivity contribution is 6.08. The van der Waals surface area contributed by atoms with Gasteiger partial charge in [-0.15, -0.1) is 0 Å². The van der Waals surface area contributed by atoms with Crippen molar-refractivity contribution in [3.8, 4) is 28.2 Å². The number of phenolic OH excluding ortho intramolecular Hbond substituents is 1. The number of hydrogen-bond donors (Lipinski definition) is 4. The summed E-state index contributed by atoms with van der Waals surface area (Å²) in [4.78, 5) is 59.1. The molecule has 0 aromatic heterocycles. The van der Waals surface area contributed by atoms with Crippen LogP contribution >= 0.6 is 0 Å². The van der Waals surface area contributed by atoms with Gasteiger partial charge in [0.15, 0.2) is 5.43 Å². The topological polar surface area (TPSA) is 163 Å². The van der Waals surface area contributed by atoms with Gasteiger partial charge in [0.05, 0.1) is 5.56 Å².